The van der Waals surface area contributed by atoms with Crippen LogP contribution in [-0.4, -0.2) is 33.2 Å². The minimum absolute atomic E-state index is 0.824. The van der Waals surface area contributed by atoms with Gasteiger partial charge in [0.05, 0.1) is 0 Å². The van der Waals surface area contributed by atoms with Gasteiger partial charge in [0.2, 0.25) is 0 Å². The first-order valence-electron chi connectivity index (χ1n) is 2.60. The summed E-state index contributed by atoms with van der Waals surface area (Å²) in [6.07, 6.45) is 0. The third kappa shape index (κ3) is 2.27. The molecule has 2 nitrogen and oxygen atoms in total. The fourth-order valence-corrected chi connectivity index (χ4v) is 1.93. The van der Waals surface area contributed by atoms with Crippen LogP contribution in [0.15, 0.2) is 0 Å². The predicted molar refractivity (Wildman–Crippen MR) is 28.6 cm³/mol. The third-order valence-electron chi connectivity index (χ3n) is 1.15. The van der Waals surface area contributed by atoms with Crippen molar-refractivity contribution in [3.63, 3.8) is 0 Å². The van der Waals surface area contributed by atoms with Crippen molar-refractivity contribution in [3.8, 4) is 0 Å². The van der Waals surface area contributed by atoms with E-state index < -0.39 is 0 Å². The number of nitrogens with zero attached hydrogens (tertiary/aromatic N) is 1. The molecule has 1 fully saturated rings. The summed E-state index contributed by atoms with van der Waals surface area (Å²) < 4.78 is 7.97. The second-order valence-corrected chi connectivity index (χ2v) is 5.24. The molecule has 0 aliphatic carbocycles. The molecule has 9 heavy (non-hydrogen) atoms. The van der Waals surface area contributed by atoms with Crippen LogP contribution in [-0.2, 0) is 43.4 Å². The summed E-state index contributed by atoms with van der Waals surface area (Å²) in [5.74, 6) is 0. The molecule has 0 saturated carbocycles. The van der Waals surface area contributed by atoms with Gasteiger partial charge < -0.3 is 0 Å². The summed E-state index contributed by atoms with van der Waals surface area (Å²) in [6.45, 7) is 1.83. The number of ether oxygens (including phenoxy) is 1. The van der Waals surface area contributed by atoms with E-state index in [9.17, 15) is 0 Å². The van der Waals surface area contributed by atoms with Crippen LogP contribution < -0.4 is 0 Å². The molecule has 1 saturated heterocycles. The van der Waals surface area contributed by atoms with E-state index in [-0.39, 0.29) is 0 Å². The molecular weight excluding hydrogens is 458 g/mol. The second kappa shape index (κ2) is 3.43. The monoisotopic (exact) mass is 465 g/mol. The Labute approximate surface area is 76.4 Å². The van der Waals surface area contributed by atoms with Gasteiger partial charge in [0.1, 0.15) is 0 Å². The van der Waals surface area contributed by atoms with Gasteiger partial charge in [0, 0.05) is 0 Å². The molecule has 1 rings (SSSR count). The molecule has 0 aromatic rings. The van der Waals surface area contributed by atoms with Gasteiger partial charge in [-0.1, -0.05) is 0 Å². The Morgan fingerprint density at radius 1 is 1.56 bits per heavy atom. The molecular formula is C5H7NOW2. The molecule has 1 aliphatic heterocycles. The van der Waals surface area contributed by atoms with E-state index in [0.717, 1.165) is 13.2 Å². The Balaban J connectivity index is 2.54. The van der Waals surface area contributed by atoms with E-state index in [1.807, 2.05) is 0 Å². The first kappa shape index (κ1) is 8.14. The summed E-state index contributed by atoms with van der Waals surface area (Å²) in [5, 5.41) is 0. The zero-order valence-corrected chi connectivity index (χ0v) is 11.0. The zero-order chi connectivity index (χ0) is 6.85. The van der Waals surface area contributed by atoms with Gasteiger partial charge in [0.25, 0.3) is 0 Å². The predicted octanol–water partition coefficient (Wildman–Crippen LogP) is -0.698. The Hall–Kier alpha value is 1.04. The van der Waals surface area contributed by atoms with Crippen LogP contribution in [0.2, 0.25) is 0 Å². The third-order valence-corrected chi connectivity index (χ3v) is 3.58. The van der Waals surface area contributed by atoms with Crippen molar-refractivity contribution in [2.75, 3.05) is 20.2 Å². The van der Waals surface area contributed by atoms with Crippen molar-refractivity contribution < 1.29 is 43.4 Å². The Morgan fingerprint density at radius 2 is 2.22 bits per heavy atom. The van der Waals surface area contributed by atoms with Crippen molar-refractivity contribution in [2.45, 2.75) is 0 Å². The van der Waals surface area contributed by atoms with Crippen molar-refractivity contribution in [1.82, 2.24) is 4.90 Å². The Kier molecular flexibility index (Phi) is 3.10. The average molecular weight is 465 g/mol. The van der Waals surface area contributed by atoms with E-state index in [0.29, 0.717) is 0 Å². The molecule has 0 bridgehead atoms. The number of rotatable bonds is 0. The van der Waals surface area contributed by atoms with Crippen LogP contribution in [0.3, 0.4) is 0 Å². The topological polar surface area (TPSA) is 12.5 Å². The first-order valence-corrected chi connectivity index (χ1v) is 5.53. The maximum atomic E-state index is 5.36. The standard InChI is InChI=1S/C5H7NO.2W/c1-6-2-4-7-5-3-6;;/h2,5H2,1H3;;. The van der Waals surface area contributed by atoms with Gasteiger partial charge in [0.15, 0.2) is 0 Å². The van der Waals surface area contributed by atoms with E-state index >= 15 is 0 Å². The summed E-state index contributed by atoms with van der Waals surface area (Å²) in [5.41, 5.74) is 0. The fourth-order valence-electron chi connectivity index (χ4n) is 0.580. The number of morpholine rings is 1. The van der Waals surface area contributed by atoms with Crippen molar-refractivity contribution >= 4 is 8.11 Å². The molecule has 1 aliphatic rings. The maximum absolute atomic E-state index is 5.36. The second-order valence-electron chi connectivity index (χ2n) is 1.91. The van der Waals surface area contributed by atoms with Crippen LogP contribution in [0, 0.1) is 0 Å². The van der Waals surface area contributed by atoms with Crippen LogP contribution >= 0.6 is 0 Å². The Bertz CT molecular complexity index is 157. The van der Waals surface area contributed by atoms with Gasteiger partial charge in [-0.3, -0.25) is 0 Å². The summed E-state index contributed by atoms with van der Waals surface area (Å²) in [6, 6.07) is 0. The quantitative estimate of drug-likeness (QED) is 0.470. The molecule has 0 radical (unpaired) electrons. The minimum atomic E-state index is 0.824. The van der Waals surface area contributed by atoms with Gasteiger partial charge in [-0.05, 0) is 0 Å². The number of likely N-dealkylation sites (N-methyl/N-ethyl adjacent to an activating group) is 1. The summed E-state index contributed by atoms with van der Waals surface area (Å²) >= 11 is 2.98. The molecule has 50 valence electrons. The van der Waals surface area contributed by atoms with Crippen molar-refractivity contribution in [2.24, 2.45) is 0 Å². The van der Waals surface area contributed by atoms with Crippen LogP contribution in [0.5, 0.6) is 0 Å². The van der Waals surface area contributed by atoms with Crippen LogP contribution in [0.1, 0.15) is 0 Å². The Morgan fingerprint density at radius 3 is 2.67 bits per heavy atom. The molecule has 0 spiro atoms. The van der Waals surface area contributed by atoms with E-state index in [1.165, 1.54) is 46.8 Å². The van der Waals surface area contributed by atoms with Gasteiger partial charge in [-0.15, -0.1) is 0 Å². The van der Waals surface area contributed by atoms with Gasteiger partial charge >= 0.3 is 76.6 Å². The molecule has 1 heterocycles. The van der Waals surface area contributed by atoms with Gasteiger partial charge in [-0.25, -0.2) is 0 Å². The summed E-state index contributed by atoms with van der Waals surface area (Å²) in [4.78, 5) is 2.27. The molecule has 0 unspecified atom stereocenters. The molecule has 0 aromatic carbocycles. The van der Waals surface area contributed by atoms with Gasteiger partial charge in [-0.2, -0.15) is 0 Å². The van der Waals surface area contributed by atoms with E-state index in [2.05, 4.69) is 11.9 Å². The first-order chi connectivity index (χ1) is 4.20. The average Bonchev–Trinajstić information content (AvgIpc) is 1.80. The molecule has 0 aromatic heterocycles. The van der Waals surface area contributed by atoms with Crippen LogP contribution in [0.25, 0.3) is 0 Å². The molecule has 0 amide bonds. The molecule has 0 atom stereocenters. The zero-order valence-electron chi connectivity index (χ0n) is 5.09. The molecule has 0 N–H and O–H groups in total. The van der Waals surface area contributed by atoms with Crippen molar-refractivity contribution in [1.29, 1.82) is 0 Å². The summed E-state index contributed by atoms with van der Waals surface area (Å²) in [7, 11) is 2.12. The number of hydrogen-bond acceptors (Lipinski definition) is 2. The van der Waals surface area contributed by atoms with E-state index in [4.69, 9.17) is 4.74 Å². The number of hydrogen-bond donors (Lipinski definition) is 0. The fraction of sp³-hybridized carbons (Fsp3) is 0.600. The normalized spacial score (nSPS) is 22.8. The van der Waals surface area contributed by atoms with E-state index in [1.54, 1.807) is 0 Å². The molecule has 4 heteroatoms. The van der Waals surface area contributed by atoms with Crippen molar-refractivity contribution in [3.05, 3.63) is 0 Å². The van der Waals surface area contributed by atoms with Crippen LogP contribution in [0.4, 0.5) is 0 Å². The SMILES string of the molecule is CN1C[C](=[W])OC[C]1=[W].